The SMILES string of the molecule is N#CCC1(CNCc2cccc(C#N)c2)CC1. The summed E-state index contributed by atoms with van der Waals surface area (Å²) in [6.45, 7) is 1.67. The van der Waals surface area contributed by atoms with E-state index in [9.17, 15) is 0 Å². The highest BCUT2D eigenvalue weighted by Gasteiger charge is 2.41. The lowest BCUT2D eigenvalue weighted by Crippen LogP contribution is -2.23. The van der Waals surface area contributed by atoms with Gasteiger partial charge in [0.1, 0.15) is 0 Å². The van der Waals surface area contributed by atoms with Crippen LogP contribution >= 0.6 is 0 Å². The Morgan fingerprint density at radius 3 is 2.76 bits per heavy atom. The lowest BCUT2D eigenvalue weighted by Gasteiger charge is -2.12. The molecule has 0 atom stereocenters. The minimum atomic E-state index is 0.238. The summed E-state index contributed by atoms with van der Waals surface area (Å²) in [4.78, 5) is 0. The molecule has 1 saturated carbocycles. The van der Waals surface area contributed by atoms with Crippen molar-refractivity contribution in [1.82, 2.24) is 5.32 Å². The van der Waals surface area contributed by atoms with Gasteiger partial charge in [0.15, 0.2) is 0 Å². The lowest BCUT2D eigenvalue weighted by molar-refractivity contribution is 0.466. The van der Waals surface area contributed by atoms with Gasteiger partial charge in [-0.05, 0) is 36.0 Å². The van der Waals surface area contributed by atoms with Crippen LogP contribution in [0.3, 0.4) is 0 Å². The van der Waals surface area contributed by atoms with Crippen LogP contribution in [-0.2, 0) is 6.54 Å². The van der Waals surface area contributed by atoms with Crippen molar-refractivity contribution in [2.45, 2.75) is 25.8 Å². The number of hydrogen-bond acceptors (Lipinski definition) is 3. The largest absolute Gasteiger partial charge is 0.312 e. The Balaban J connectivity index is 1.83. The van der Waals surface area contributed by atoms with Crippen LogP contribution in [-0.4, -0.2) is 6.54 Å². The van der Waals surface area contributed by atoms with Crippen molar-refractivity contribution >= 4 is 0 Å². The van der Waals surface area contributed by atoms with E-state index in [-0.39, 0.29) is 5.41 Å². The molecule has 0 spiro atoms. The van der Waals surface area contributed by atoms with Crippen LogP contribution in [0.1, 0.15) is 30.4 Å². The molecule has 2 rings (SSSR count). The molecule has 1 aromatic rings. The summed E-state index contributed by atoms with van der Waals surface area (Å²) in [5.74, 6) is 0. The molecule has 0 amide bonds. The Morgan fingerprint density at radius 2 is 2.12 bits per heavy atom. The average Bonchev–Trinajstić information content (AvgIpc) is 3.10. The molecule has 0 saturated heterocycles. The Labute approximate surface area is 102 Å². The highest BCUT2D eigenvalue weighted by Crippen LogP contribution is 2.47. The molecule has 0 unspecified atom stereocenters. The van der Waals surface area contributed by atoms with E-state index in [0.717, 1.165) is 31.5 Å². The summed E-state index contributed by atoms with van der Waals surface area (Å²) in [5.41, 5.74) is 2.06. The normalized spacial score (nSPS) is 15.9. The molecule has 17 heavy (non-hydrogen) atoms. The van der Waals surface area contributed by atoms with Gasteiger partial charge in [-0.2, -0.15) is 10.5 Å². The third kappa shape index (κ3) is 3.06. The quantitative estimate of drug-likeness (QED) is 0.836. The van der Waals surface area contributed by atoms with Gasteiger partial charge >= 0.3 is 0 Å². The number of benzene rings is 1. The molecular weight excluding hydrogens is 210 g/mol. The molecule has 0 bridgehead atoms. The van der Waals surface area contributed by atoms with Crippen molar-refractivity contribution in [3.8, 4) is 12.1 Å². The molecule has 1 aliphatic carbocycles. The van der Waals surface area contributed by atoms with E-state index in [1.807, 2.05) is 24.3 Å². The number of hydrogen-bond donors (Lipinski definition) is 1. The van der Waals surface area contributed by atoms with E-state index >= 15 is 0 Å². The van der Waals surface area contributed by atoms with Crippen molar-refractivity contribution in [3.63, 3.8) is 0 Å². The zero-order valence-corrected chi connectivity index (χ0v) is 9.74. The first kappa shape index (κ1) is 11.6. The standard InChI is InChI=1S/C14H15N3/c15-7-6-14(4-5-14)11-17-10-13-3-1-2-12(8-13)9-16/h1-3,8,17H,4-6,10-11H2. The number of nitrogens with one attached hydrogen (secondary N) is 1. The van der Waals surface area contributed by atoms with Gasteiger partial charge in [-0.15, -0.1) is 0 Å². The van der Waals surface area contributed by atoms with E-state index in [0.29, 0.717) is 12.0 Å². The smallest absolute Gasteiger partial charge is 0.0991 e. The van der Waals surface area contributed by atoms with Gasteiger partial charge < -0.3 is 5.32 Å². The molecule has 3 heteroatoms. The van der Waals surface area contributed by atoms with Gasteiger partial charge in [-0.1, -0.05) is 12.1 Å². The molecule has 0 aromatic heterocycles. The zero-order chi connectivity index (χ0) is 12.1. The minimum Gasteiger partial charge on any atom is -0.312 e. The van der Waals surface area contributed by atoms with Crippen molar-refractivity contribution in [2.24, 2.45) is 5.41 Å². The molecule has 0 heterocycles. The first-order valence-electron chi connectivity index (χ1n) is 5.85. The van der Waals surface area contributed by atoms with Gasteiger partial charge in [0.25, 0.3) is 0 Å². The van der Waals surface area contributed by atoms with Gasteiger partial charge in [-0.25, -0.2) is 0 Å². The summed E-state index contributed by atoms with van der Waals surface area (Å²) >= 11 is 0. The monoisotopic (exact) mass is 225 g/mol. The summed E-state index contributed by atoms with van der Waals surface area (Å²) < 4.78 is 0. The molecule has 0 radical (unpaired) electrons. The van der Waals surface area contributed by atoms with Crippen LogP contribution in [0.2, 0.25) is 0 Å². The fraction of sp³-hybridized carbons (Fsp3) is 0.429. The Bertz CT molecular complexity index is 475. The van der Waals surface area contributed by atoms with Crippen LogP contribution in [0.25, 0.3) is 0 Å². The highest BCUT2D eigenvalue weighted by molar-refractivity contribution is 5.32. The Morgan fingerprint density at radius 1 is 1.29 bits per heavy atom. The third-order valence-electron chi connectivity index (χ3n) is 3.30. The summed E-state index contributed by atoms with van der Waals surface area (Å²) in [7, 11) is 0. The Hall–Kier alpha value is -1.84. The summed E-state index contributed by atoms with van der Waals surface area (Å²) in [6, 6.07) is 12.0. The maximum Gasteiger partial charge on any atom is 0.0991 e. The average molecular weight is 225 g/mol. The second-order valence-corrected chi connectivity index (χ2v) is 4.75. The molecule has 86 valence electrons. The van der Waals surface area contributed by atoms with Crippen LogP contribution in [0.5, 0.6) is 0 Å². The third-order valence-corrected chi connectivity index (χ3v) is 3.30. The maximum atomic E-state index is 8.79. The van der Waals surface area contributed by atoms with E-state index in [2.05, 4.69) is 17.5 Å². The molecule has 1 fully saturated rings. The van der Waals surface area contributed by atoms with Crippen LogP contribution in [0.4, 0.5) is 0 Å². The molecule has 0 aliphatic heterocycles. The maximum absolute atomic E-state index is 8.79. The van der Waals surface area contributed by atoms with Crippen LogP contribution in [0.15, 0.2) is 24.3 Å². The first-order valence-corrected chi connectivity index (χ1v) is 5.85. The fourth-order valence-electron chi connectivity index (χ4n) is 1.98. The molecule has 1 aromatic carbocycles. The molecular formula is C14H15N3. The number of rotatable bonds is 5. The van der Waals surface area contributed by atoms with Crippen molar-refractivity contribution < 1.29 is 0 Å². The van der Waals surface area contributed by atoms with Crippen molar-refractivity contribution in [3.05, 3.63) is 35.4 Å². The predicted octanol–water partition coefficient (Wildman–Crippen LogP) is 2.34. The molecule has 1 aliphatic rings. The second-order valence-electron chi connectivity index (χ2n) is 4.75. The highest BCUT2D eigenvalue weighted by atomic mass is 14.9. The molecule has 1 N–H and O–H groups in total. The minimum absolute atomic E-state index is 0.238. The summed E-state index contributed by atoms with van der Waals surface area (Å²) in [5, 5.41) is 20.9. The fourth-order valence-corrected chi connectivity index (χ4v) is 1.98. The van der Waals surface area contributed by atoms with Crippen LogP contribution < -0.4 is 5.32 Å². The Kier molecular flexibility index (Phi) is 3.42. The summed E-state index contributed by atoms with van der Waals surface area (Å²) in [6.07, 6.45) is 2.97. The zero-order valence-electron chi connectivity index (χ0n) is 9.74. The van der Waals surface area contributed by atoms with Gasteiger partial charge in [0, 0.05) is 19.5 Å². The van der Waals surface area contributed by atoms with Crippen molar-refractivity contribution in [2.75, 3.05) is 6.54 Å². The topological polar surface area (TPSA) is 59.6 Å². The lowest BCUT2D eigenvalue weighted by atomic mass is 10.0. The van der Waals surface area contributed by atoms with E-state index < -0.39 is 0 Å². The first-order chi connectivity index (χ1) is 8.28. The second kappa shape index (κ2) is 4.99. The molecule has 3 nitrogen and oxygen atoms in total. The van der Waals surface area contributed by atoms with E-state index in [1.54, 1.807) is 0 Å². The van der Waals surface area contributed by atoms with Crippen molar-refractivity contribution in [1.29, 1.82) is 10.5 Å². The van der Waals surface area contributed by atoms with Crippen LogP contribution in [0, 0.1) is 28.1 Å². The van der Waals surface area contributed by atoms with E-state index in [1.165, 1.54) is 0 Å². The number of nitriles is 2. The van der Waals surface area contributed by atoms with E-state index in [4.69, 9.17) is 10.5 Å². The van der Waals surface area contributed by atoms with Gasteiger partial charge in [0.2, 0.25) is 0 Å². The predicted molar refractivity (Wildman–Crippen MR) is 64.8 cm³/mol. The van der Waals surface area contributed by atoms with Gasteiger partial charge in [0.05, 0.1) is 17.7 Å². The van der Waals surface area contributed by atoms with Gasteiger partial charge in [-0.3, -0.25) is 0 Å². The number of nitrogens with zero attached hydrogens (tertiary/aromatic N) is 2.